The van der Waals surface area contributed by atoms with Gasteiger partial charge in [0.25, 0.3) is 5.69 Å². The van der Waals surface area contributed by atoms with Gasteiger partial charge in [-0.1, -0.05) is 6.07 Å². The van der Waals surface area contributed by atoms with E-state index < -0.39 is 14.9 Å². The first kappa shape index (κ1) is 14.7. The van der Waals surface area contributed by atoms with Crippen molar-refractivity contribution in [3.05, 3.63) is 65.0 Å². The van der Waals surface area contributed by atoms with E-state index in [4.69, 9.17) is 5.14 Å². The summed E-state index contributed by atoms with van der Waals surface area (Å²) in [5.74, 6) is 0. The smallest absolute Gasteiger partial charge is 0.265 e. The van der Waals surface area contributed by atoms with E-state index in [-0.39, 0.29) is 10.6 Å². The summed E-state index contributed by atoms with van der Waals surface area (Å²) < 4.78 is 21.4. The number of primary sulfonamides is 1. The zero-order valence-corrected chi connectivity index (χ0v) is 10.5. The van der Waals surface area contributed by atoms with E-state index in [9.17, 15) is 18.5 Å². The molecule has 0 bridgehead atoms. The lowest BCUT2D eigenvalue weighted by atomic mass is 10.3. The first-order chi connectivity index (χ1) is 8.91. The van der Waals surface area contributed by atoms with Gasteiger partial charge in [0, 0.05) is 24.5 Å². The second-order valence-corrected chi connectivity index (χ2v) is 4.88. The largest absolute Gasteiger partial charge is 0.269 e. The lowest BCUT2D eigenvalue weighted by molar-refractivity contribution is -0.384. The molecule has 0 unspecified atom stereocenters. The minimum Gasteiger partial charge on any atom is -0.265 e. The van der Waals surface area contributed by atoms with Gasteiger partial charge in [0.2, 0.25) is 10.0 Å². The molecule has 8 heteroatoms. The van der Waals surface area contributed by atoms with Gasteiger partial charge in [0.1, 0.15) is 0 Å². The van der Waals surface area contributed by atoms with Gasteiger partial charge < -0.3 is 0 Å². The Kier molecular flexibility index (Phi) is 5.10. The minimum atomic E-state index is -3.77. The Hall–Kier alpha value is -2.32. The molecule has 0 spiro atoms. The van der Waals surface area contributed by atoms with E-state index in [1.165, 1.54) is 0 Å². The Morgan fingerprint density at radius 1 is 1.05 bits per heavy atom. The van der Waals surface area contributed by atoms with Crippen LogP contribution in [0.15, 0.2) is 59.8 Å². The van der Waals surface area contributed by atoms with Gasteiger partial charge in [-0.15, -0.1) is 0 Å². The zero-order valence-electron chi connectivity index (χ0n) is 9.71. The molecule has 2 aromatic rings. The molecule has 0 atom stereocenters. The molecule has 0 saturated carbocycles. The number of nitro groups is 1. The molecule has 0 aliphatic rings. The van der Waals surface area contributed by atoms with Crippen molar-refractivity contribution in [2.24, 2.45) is 5.14 Å². The minimum absolute atomic E-state index is 0.141. The molecular formula is C11H11N3O4S. The van der Waals surface area contributed by atoms with E-state index in [2.05, 4.69) is 4.98 Å². The molecule has 1 aromatic heterocycles. The van der Waals surface area contributed by atoms with Crippen LogP contribution >= 0.6 is 0 Å². The van der Waals surface area contributed by atoms with Gasteiger partial charge in [-0.25, -0.2) is 13.6 Å². The van der Waals surface area contributed by atoms with Gasteiger partial charge in [-0.2, -0.15) is 0 Å². The van der Waals surface area contributed by atoms with Crippen molar-refractivity contribution in [1.82, 2.24) is 4.98 Å². The summed E-state index contributed by atoms with van der Waals surface area (Å²) >= 11 is 0. The van der Waals surface area contributed by atoms with Crippen LogP contribution in [0.2, 0.25) is 0 Å². The standard InChI is InChI=1S/C6H6N2O4S.C5H5N/c7-13(11,12)6-3-1-5(2-4-6)8(9)10;1-2-4-6-5-3-1/h1-4H,(H2,7,11,12);1-5H. The summed E-state index contributed by atoms with van der Waals surface area (Å²) in [7, 11) is -3.77. The number of non-ortho nitro benzene ring substituents is 1. The molecular weight excluding hydrogens is 270 g/mol. The first-order valence-electron chi connectivity index (χ1n) is 5.03. The molecule has 0 fully saturated rings. The average Bonchev–Trinajstić information content (AvgIpc) is 2.40. The van der Waals surface area contributed by atoms with Crippen LogP contribution in [0.4, 0.5) is 5.69 Å². The molecule has 0 radical (unpaired) electrons. The third kappa shape index (κ3) is 5.23. The lowest BCUT2D eigenvalue weighted by Gasteiger charge is -1.95. The molecule has 2 rings (SSSR count). The van der Waals surface area contributed by atoms with E-state index in [0.717, 1.165) is 24.3 Å². The van der Waals surface area contributed by atoms with Gasteiger partial charge in [0.15, 0.2) is 0 Å². The average molecular weight is 281 g/mol. The van der Waals surface area contributed by atoms with Crippen molar-refractivity contribution < 1.29 is 13.3 Å². The zero-order chi connectivity index (χ0) is 14.3. The van der Waals surface area contributed by atoms with Gasteiger partial charge in [0.05, 0.1) is 9.82 Å². The summed E-state index contributed by atoms with van der Waals surface area (Å²) in [6.45, 7) is 0. The van der Waals surface area contributed by atoms with Crippen LogP contribution < -0.4 is 5.14 Å². The summed E-state index contributed by atoms with van der Waals surface area (Å²) in [5, 5.41) is 15.0. The third-order valence-corrected chi connectivity index (χ3v) is 2.87. The van der Waals surface area contributed by atoms with E-state index in [1.54, 1.807) is 12.4 Å². The number of sulfonamides is 1. The van der Waals surface area contributed by atoms with Crippen LogP contribution in [0.25, 0.3) is 0 Å². The summed E-state index contributed by atoms with van der Waals surface area (Å²) in [4.78, 5) is 13.2. The number of nitrogens with two attached hydrogens (primary N) is 1. The Balaban J connectivity index is 0.000000250. The van der Waals surface area contributed by atoms with Gasteiger partial charge >= 0.3 is 0 Å². The summed E-state index contributed by atoms with van der Waals surface area (Å²) in [6, 6.07) is 10.1. The lowest BCUT2D eigenvalue weighted by Crippen LogP contribution is -2.11. The second kappa shape index (κ2) is 6.57. The van der Waals surface area contributed by atoms with Crippen LogP contribution in [-0.2, 0) is 10.0 Å². The SMILES string of the molecule is NS(=O)(=O)c1ccc([N+](=O)[O-])cc1.c1ccncc1. The Bertz CT molecular complexity index is 600. The second-order valence-electron chi connectivity index (χ2n) is 3.32. The molecule has 2 N–H and O–H groups in total. The number of hydrogen-bond acceptors (Lipinski definition) is 5. The number of aromatic nitrogens is 1. The van der Waals surface area contributed by atoms with Crippen LogP contribution in [0, 0.1) is 10.1 Å². The number of nitro benzene ring substituents is 1. The van der Waals surface area contributed by atoms with Crippen molar-refractivity contribution in [3.8, 4) is 0 Å². The molecule has 0 amide bonds. The maximum absolute atomic E-state index is 10.7. The summed E-state index contributed by atoms with van der Waals surface area (Å²) in [6.07, 6.45) is 3.50. The number of rotatable bonds is 2. The normalized spacial score (nSPS) is 10.2. The number of benzene rings is 1. The quantitative estimate of drug-likeness (QED) is 0.658. The topological polar surface area (TPSA) is 116 Å². The predicted octanol–water partition coefficient (Wildman–Crippen LogP) is 1.32. The van der Waals surface area contributed by atoms with Crippen LogP contribution in [0.5, 0.6) is 0 Å². The Labute approximate surface area is 109 Å². The van der Waals surface area contributed by atoms with Crippen molar-refractivity contribution in [2.45, 2.75) is 4.90 Å². The van der Waals surface area contributed by atoms with Gasteiger partial charge in [-0.3, -0.25) is 15.1 Å². The Morgan fingerprint density at radius 3 is 1.84 bits per heavy atom. The fraction of sp³-hybridized carbons (Fsp3) is 0. The van der Waals surface area contributed by atoms with E-state index >= 15 is 0 Å². The van der Waals surface area contributed by atoms with Crippen LogP contribution in [0.3, 0.4) is 0 Å². The molecule has 19 heavy (non-hydrogen) atoms. The number of pyridine rings is 1. The van der Waals surface area contributed by atoms with Crippen molar-refractivity contribution in [3.63, 3.8) is 0 Å². The number of hydrogen-bond donors (Lipinski definition) is 1. The highest BCUT2D eigenvalue weighted by atomic mass is 32.2. The third-order valence-electron chi connectivity index (χ3n) is 1.94. The maximum atomic E-state index is 10.7. The Morgan fingerprint density at radius 2 is 1.58 bits per heavy atom. The fourth-order valence-corrected chi connectivity index (χ4v) is 1.59. The molecule has 0 saturated heterocycles. The fourth-order valence-electron chi connectivity index (χ4n) is 1.07. The van der Waals surface area contributed by atoms with Gasteiger partial charge in [-0.05, 0) is 24.3 Å². The highest BCUT2D eigenvalue weighted by molar-refractivity contribution is 7.89. The molecule has 0 aliphatic heterocycles. The molecule has 1 aromatic carbocycles. The molecule has 1 heterocycles. The van der Waals surface area contributed by atoms with E-state index in [1.807, 2.05) is 18.2 Å². The number of nitrogens with zero attached hydrogens (tertiary/aromatic N) is 2. The van der Waals surface area contributed by atoms with Crippen LogP contribution in [-0.4, -0.2) is 18.3 Å². The monoisotopic (exact) mass is 281 g/mol. The van der Waals surface area contributed by atoms with Crippen molar-refractivity contribution in [2.75, 3.05) is 0 Å². The van der Waals surface area contributed by atoms with Crippen molar-refractivity contribution >= 4 is 15.7 Å². The predicted molar refractivity (Wildman–Crippen MR) is 68.7 cm³/mol. The van der Waals surface area contributed by atoms with Crippen LogP contribution in [0.1, 0.15) is 0 Å². The summed E-state index contributed by atoms with van der Waals surface area (Å²) in [5.41, 5.74) is -0.174. The molecule has 7 nitrogen and oxygen atoms in total. The highest BCUT2D eigenvalue weighted by Gasteiger charge is 2.10. The van der Waals surface area contributed by atoms with Crippen molar-refractivity contribution in [1.29, 1.82) is 0 Å². The van der Waals surface area contributed by atoms with E-state index in [0.29, 0.717) is 0 Å². The molecule has 0 aliphatic carbocycles. The first-order valence-corrected chi connectivity index (χ1v) is 6.58. The maximum Gasteiger partial charge on any atom is 0.269 e. The highest BCUT2D eigenvalue weighted by Crippen LogP contribution is 2.14. The molecule has 100 valence electrons.